The van der Waals surface area contributed by atoms with Crippen LogP contribution in [0.1, 0.15) is 24.8 Å². The Morgan fingerprint density at radius 3 is 2.71 bits per heavy atom. The van der Waals surface area contributed by atoms with Crippen LogP contribution < -0.4 is 0 Å². The van der Waals surface area contributed by atoms with Gasteiger partial charge in [0, 0.05) is 5.02 Å². The van der Waals surface area contributed by atoms with Gasteiger partial charge in [-0.25, -0.2) is 0 Å². The molecular formula is C14H15ClO2. The lowest BCUT2D eigenvalue weighted by Gasteiger charge is -2.26. The molecule has 0 amide bonds. The summed E-state index contributed by atoms with van der Waals surface area (Å²) in [5.74, 6) is 0.709. The van der Waals surface area contributed by atoms with Gasteiger partial charge in [0.05, 0.1) is 5.41 Å². The third kappa shape index (κ3) is 1.95. The number of rotatable bonds is 3. The van der Waals surface area contributed by atoms with E-state index in [1.165, 1.54) is 6.42 Å². The third-order valence-electron chi connectivity index (χ3n) is 4.26. The zero-order valence-electron chi connectivity index (χ0n) is 9.53. The molecule has 2 aliphatic carbocycles. The number of fused-ring (bicyclic) bond motifs is 1. The van der Waals surface area contributed by atoms with Gasteiger partial charge in [-0.15, -0.1) is 0 Å². The standard InChI is InChI=1S/C14H15ClO2/c15-12-3-1-2-9(4-12)6-14(13(16)17)7-10-5-11(10)8-14/h1-4,10-11H,5-8H2,(H,16,17). The normalized spacial score (nSPS) is 34.4. The quantitative estimate of drug-likeness (QED) is 0.893. The molecule has 3 heteroatoms. The lowest BCUT2D eigenvalue weighted by molar-refractivity contribution is -0.149. The maximum atomic E-state index is 11.5. The van der Waals surface area contributed by atoms with E-state index in [-0.39, 0.29) is 0 Å². The minimum atomic E-state index is -0.635. The molecule has 0 bridgehead atoms. The molecule has 1 N–H and O–H groups in total. The van der Waals surface area contributed by atoms with Crippen LogP contribution in [-0.2, 0) is 11.2 Å². The van der Waals surface area contributed by atoms with Gasteiger partial charge in [0.2, 0.25) is 0 Å². The number of benzene rings is 1. The van der Waals surface area contributed by atoms with Gasteiger partial charge in [-0.05, 0) is 55.2 Å². The highest BCUT2D eigenvalue weighted by atomic mass is 35.5. The van der Waals surface area contributed by atoms with Gasteiger partial charge in [-0.1, -0.05) is 23.7 Å². The second-order valence-electron chi connectivity index (χ2n) is 5.56. The van der Waals surface area contributed by atoms with Crippen LogP contribution in [-0.4, -0.2) is 11.1 Å². The summed E-state index contributed by atoms with van der Waals surface area (Å²) in [7, 11) is 0. The molecule has 2 nitrogen and oxygen atoms in total. The van der Waals surface area contributed by atoms with Gasteiger partial charge in [-0.2, -0.15) is 0 Å². The average Bonchev–Trinajstić information content (AvgIpc) is 2.87. The van der Waals surface area contributed by atoms with E-state index < -0.39 is 11.4 Å². The summed E-state index contributed by atoms with van der Waals surface area (Å²) in [5, 5.41) is 10.2. The fourth-order valence-corrected chi connectivity index (χ4v) is 3.54. The van der Waals surface area contributed by atoms with Crippen LogP contribution in [0.5, 0.6) is 0 Å². The summed E-state index contributed by atoms with van der Waals surface area (Å²) in [6.07, 6.45) is 3.56. The van der Waals surface area contributed by atoms with Gasteiger partial charge >= 0.3 is 5.97 Å². The maximum absolute atomic E-state index is 11.5. The first-order chi connectivity index (χ1) is 8.09. The molecule has 0 aromatic heterocycles. The molecule has 2 atom stereocenters. The number of carboxylic acids is 1. The number of hydrogen-bond acceptors (Lipinski definition) is 1. The van der Waals surface area contributed by atoms with Gasteiger partial charge < -0.3 is 5.11 Å². The van der Waals surface area contributed by atoms with E-state index in [1.807, 2.05) is 24.3 Å². The van der Waals surface area contributed by atoms with Crippen molar-refractivity contribution in [2.75, 3.05) is 0 Å². The van der Waals surface area contributed by atoms with Crippen LogP contribution in [0.4, 0.5) is 0 Å². The largest absolute Gasteiger partial charge is 0.481 e. The van der Waals surface area contributed by atoms with Crippen molar-refractivity contribution in [1.82, 2.24) is 0 Å². The highest BCUT2D eigenvalue weighted by molar-refractivity contribution is 6.30. The zero-order chi connectivity index (χ0) is 12.0. The summed E-state index contributed by atoms with van der Waals surface area (Å²) in [4.78, 5) is 11.5. The number of carboxylic acid groups (broad SMARTS) is 1. The number of hydrogen-bond donors (Lipinski definition) is 1. The molecule has 2 fully saturated rings. The average molecular weight is 251 g/mol. The molecule has 3 rings (SSSR count). The molecule has 17 heavy (non-hydrogen) atoms. The van der Waals surface area contributed by atoms with Crippen LogP contribution in [0.2, 0.25) is 5.02 Å². The van der Waals surface area contributed by atoms with Gasteiger partial charge in [-0.3, -0.25) is 4.79 Å². The lowest BCUT2D eigenvalue weighted by Crippen LogP contribution is -2.31. The zero-order valence-corrected chi connectivity index (χ0v) is 10.3. The summed E-state index contributed by atoms with van der Waals surface area (Å²) >= 11 is 5.95. The third-order valence-corrected chi connectivity index (χ3v) is 4.50. The van der Waals surface area contributed by atoms with E-state index in [9.17, 15) is 9.90 Å². The molecule has 0 heterocycles. The van der Waals surface area contributed by atoms with Crippen LogP contribution in [0, 0.1) is 17.3 Å². The molecule has 0 saturated heterocycles. The predicted octanol–water partition coefficient (Wildman–Crippen LogP) is 3.38. The Kier molecular flexibility index (Phi) is 2.44. The SMILES string of the molecule is O=C(O)C1(Cc2cccc(Cl)c2)CC2CC2C1. The van der Waals surface area contributed by atoms with Crippen molar-refractivity contribution in [3.05, 3.63) is 34.9 Å². The molecule has 2 unspecified atom stereocenters. The first-order valence-corrected chi connectivity index (χ1v) is 6.45. The van der Waals surface area contributed by atoms with Crippen molar-refractivity contribution in [3.8, 4) is 0 Å². The van der Waals surface area contributed by atoms with Gasteiger partial charge in [0.1, 0.15) is 0 Å². The Morgan fingerprint density at radius 2 is 2.12 bits per heavy atom. The van der Waals surface area contributed by atoms with E-state index in [2.05, 4.69) is 0 Å². The molecule has 0 radical (unpaired) electrons. The summed E-state index contributed by atoms with van der Waals surface area (Å²) in [5.41, 5.74) is 0.513. The first kappa shape index (κ1) is 11.1. The second-order valence-corrected chi connectivity index (χ2v) is 5.99. The Bertz CT molecular complexity index is 459. The van der Waals surface area contributed by atoms with E-state index in [0.29, 0.717) is 23.3 Å². The van der Waals surface area contributed by atoms with Crippen molar-refractivity contribution < 1.29 is 9.90 Å². The van der Waals surface area contributed by atoms with Crippen LogP contribution in [0.3, 0.4) is 0 Å². The minimum absolute atomic E-state index is 0.529. The van der Waals surface area contributed by atoms with Crippen LogP contribution >= 0.6 is 11.6 Å². The topological polar surface area (TPSA) is 37.3 Å². The number of carbonyl (C=O) groups is 1. The molecule has 0 aliphatic heterocycles. The molecule has 90 valence electrons. The Balaban J connectivity index is 1.84. The molecular weight excluding hydrogens is 236 g/mol. The monoisotopic (exact) mass is 250 g/mol. The van der Waals surface area contributed by atoms with Crippen molar-refractivity contribution in [2.24, 2.45) is 17.3 Å². The van der Waals surface area contributed by atoms with Crippen LogP contribution in [0.25, 0.3) is 0 Å². The minimum Gasteiger partial charge on any atom is -0.481 e. The summed E-state index contributed by atoms with van der Waals surface area (Å²) in [6, 6.07) is 7.57. The van der Waals surface area contributed by atoms with E-state index in [0.717, 1.165) is 18.4 Å². The van der Waals surface area contributed by atoms with E-state index >= 15 is 0 Å². The second kappa shape index (κ2) is 3.74. The molecule has 2 aliphatic rings. The van der Waals surface area contributed by atoms with Crippen molar-refractivity contribution in [3.63, 3.8) is 0 Å². The van der Waals surface area contributed by atoms with Crippen molar-refractivity contribution >= 4 is 17.6 Å². The Morgan fingerprint density at radius 1 is 1.41 bits per heavy atom. The smallest absolute Gasteiger partial charge is 0.309 e. The van der Waals surface area contributed by atoms with E-state index in [4.69, 9.17) is 11.6 Å². The highest BCUT2D eigenvalue weighted by Gasteiger charge is 2.57. The molecule has 2 saturated carbocycles. The molecule has 1 aromatic carbocycles. The maximum Gasteiger partial charge on any atom is 0.309 e. The van der Waals surface area contributed by atoms with Crippen LogP contribution in [0.15, 0.2) is 24.3 Å². The van der Waals surface area contributed by atoms with Crippen molar-refractivity contribution in [1.29, 1.82) is 0 Å². The fraction of sp³-hybridized carbons (Fsp3) is 0.500. The Labute approximate surface area is 106 Å². The number of aliphatic carboxylic acids is 1. The first-order valence-electron chi connectivity index (χ1n) is 6.07. The lowest BCUT2D eigenvalue weighted by atomic mass is 9.77. The molecule has 1 aromatic rings. The van der Waals surface area contributed by atoms with Crippen molar-refractivity contribution in [2.45, 2.75) is 25.7 Å². The number of halogens is 1. The van der Waals surface area contributed by atoms with E-state index in [1.54, 1.807) is 0 Å². The Hall–Kier alpha value is -1.02. The fourth-order valence-electron chi connectivity index (χ4n) is 3.33. The van der Waals surface area contributed by atoms with Gasteiger partial charge in [0.15, 0.2) is 0 Å². The van der Waals surface area contributed by atoms with Gasteiger partial charge in [0.25, 0.3) is 0 Å². The summed E-state index contributed by atoms with van der Waals surface area (Å²) < 4.78 is 0. The molecule has 0 spiro atoms. The predicted molar refractivity (Wildman–Crippen MR) is 66.1 cm³/mol. The highest BCUT2D eigenvalue weighted by Crippen LogP contribution is 2.60. The summed E-state index contributed by atoms with van der Waals surface area (Å²) in [6.45, 7) is 0.